The van der Waals surface area contributed by atoms with Gasteiger partial charge in [0.1, 0.15) is 6.10 Å². The van der Waals surface area contributed by atoms with Crippen molar-refractivity contribution in [3.05, 3.63) is 12.2 Å². The molecule has 0 amide bonds. The summed E-state index contributed by atoms with van der Waals surface area (Å²) in [5, 5.41) is 17.4. The second-order valence-corrected chi connectivity index (χ2v) is 5.98. The Balaban J connectivity index is 3.36. The first-order valence-corrected chi connectivity index (χ1v) is 8.89. The minimum absolute atomic E-state index is 0.159. The van der Waals surface area contributed by atoms with E-state index < -0.39 is 5.97 Å². The van der Waals surface area contributed by atoms with Crippen molar-refractivity contribution in [2.45, 2.75) is 96.5 Å². The Kier molecular flexibility index (Phi) is 15.8. The predicted molar refractivity (Wildman–Crippen MR) is 90.0 cm³/mol. The van der Waals surface area contributed by atoms with Crippen molar-refractivity contribution in [1.29, 1.82) is 0 Å². The zero-order valence-electron chi connectivity index (χ0n) is 14.1. The van der Waals surface area contributed by atoms with Crippen molar-refractivity contribution in [2.75, 3.05) is 0 Å². The molecule has 1 atom stereocenters. The van der Waals surface area contributed by atoms with Crippen molar-refractivity contribution in [2.24, 2.45) is 0 Å². The molecule has 0 aromatic heterocycles. The van der Waals surface area contributed by atoms with E-state index >= 15 is 0 Å². The Morgan fingerprint density at radius 3 is 2.14 bits per heavy atom. The summed E-state index contributed by atoms with van der Waals surface area (Å²) in [6, 6.07) is 0. The first-order valence-electron chi connectivity index (χ1n) is 8.89. The number of allylic oxidation sites excluding steroid dienone is 1. The average molecular weight is 314 g/mol. The molecule has 22 heavy (non-hydrogen) atoms. The first kappa shape index (κ1) is 21.1. The maximum Gasteiger partial charge on any atom is 0.303 e. The van der Waals surface area contributed by atoms with Crippen LogP contribution in [0, 0.1) is 0 Å². The van der Waals surface area contributed by atoms with Gasteiger partial charge in [-0.2, -0.15) is 0 Å². The maximum absolute atomic E-state index is 10.4. The standard InChI is InChI=1S/C18H34O4/c1-2-3-4-11-14-17(22-21)15-12-9-7-5-6-8-10-13-16-18(19)20/h11,14,17,21H,2-10,12-13,15-16H2,1H3,(H,19,20)/b14-11-/t17-/m1/s1. The molecule has 0 unspecified atom stereocenters. The van der Waals surface area contributed by atoms with Crippen LogP contribution in [0.25, 0.3) is 0 Å². The normalized spacial score (nSPS) is 12.8. The van der Waals surface area contributed by atoms with Gasteiger partial charge in [-0.05, 0) is 19.3 Å². The highest BCUT2D eigenvalue weighted by Gasteiger charge is 2.03. The Hall–Kier alpha value is -0.870. The molecule has 0 aliphatic heterocycles. The molecule has 0 fully saturated rings. The predicted octanol–water partition coefficient (Wildman–Crippen LogP) is 5.58. The highest BCUT2D eigenvalue weighted by Crippen LogP contribution is 2.13. The lowest BCUT2D eigenvalue weighted by molar-refractivity contribution is -0.267. The summed E-state index contributed by atoms with van der Waals surface area (Å²) in [6.45, 7) is 2.17. The van der Waals surface area contributed by atoms with Gasteiger partial charge in [0.2, 0.25) is 0 Å². The van der Waals surface area contributed by atoms with Gasteiger partial charge >= 0.3 is 5.97 Å². The molecule has 4 nitrogen and oxygen atoms in total. The van der Waals surface area contributed by atoms with Crippen LogP contribution in [0.2, 0.25) is 0 Å². The van der Waals surface area contributed by atoms with Gasteiger partial charge in [-0.3, -0.25) is 10.1 Å². The lowest BCUT2D eigenvalue weighted by Crippen LogP contribution is -2.06. The minimum atomic E-state index is -0.690. The van der Waals surface area contributed by atoms with E-state index in [2.05, 4.69) is 17.9 Å². The largest absolute Gasteiger partial charge is 0.481 e. The molecule has 0 bridgehead atoms. The molecule has 0 heterocycles. The number of hydrogen-bond acceptors (Lipinski definition) is 3. The van der Waals surface area contributed by atoms with Crippen molar-refractivity contribution < 1.29 is 20.0 Å². The molecule has 0 aliphatic rings. The molecule has 0 saturated heterocycles. The van der Waals surface area contributed by atoms with E-state index in [4.69, 9.17) is 10.4 Å². The molecule has 0 radical (unpaired) electrons. The zero-order valence-corrected chi connectivity index (χ0v) is 14.1. The molecule has 0 aromatic carbocycles. The number of unbranched alkanes of at least 4 members (excludes halogenated alkanes) is 9. The smallest absolute Gasteiger partial charge is 0.303 e. The van der Waals surface area contributed by atoms with E-state index in [1.165, 1.54) is 32.1 Å². The lowest BCUT2D eigenvalue weighted by Gasteiger charge is -2.08. The van der Waals surface area contributed by atoms with Gasteiger partial charge in [0.05, 0.1) is 0 Å². The monoisotopic (exact) mass is 314 g/mol. The highest BCUT2D eigenvalue weighted by atomic mass is 17.1. The zero-order chi connectivity index (χ0) is 16.5. The lowest BCUT2D eigenvalue weighted by atomic mass is 10.0. The van der Waals surface area contributed by atoms with Gasteiger partial charge in [-0.1, -0.05) is 76.9 Å². The van der Waals surface area contributed by atoms with Crippen molar-refractivity contribution >= 4 is 5.97 Å². The summed E-state index contributed by atoms with van der Waals surface area (Å²) in [6.07, 6.45) is 17.3. The topological polar surface area (TPSA) is 66.8 Å². The molecule has 0 aliphatic carbocycles. The first-order chi connectivity index (χ1) is 10.7. The third-order valence-corrected chi connectivity index (χ3v) is 3.84. The number of hydrogen-bond donors (Lipinski definition) is 2. The van der Waals surface area contributed by atoms with Crippen molar-refractivity contribution in [3.8, 4) is 0 Å². The van der Waals surface area contributed by atoms with Crippen LogP contribution in [-0.4, -0.2) is 22.4 Å². The Bertz CT molecular complexity index is 276. The molecule has 0 spiro atoms. The third kappa shape index (κ3) is 15.5. The fourth-order valence-electron chi connectivity index (χ4n) is 2.44. The van der Waals surface area contributed by atoms with E-state index in [0.717, 1.165) is 44.9 Å². The minimum Gasteiger partial charge on any atom is -0.481 e. The number of aliphatic carboxylic acids is 1. The molecule has 4 heteroatoms. The quantitative estimate of drug-likeness (QED) is 0.169. The highest BCUT2D eigenvalue weighted by molar-refractivity contribution is 5.66. The van der Waals surface area contributed by atoms with Crippen LogP contribution in [0.4, 0.5) is 0 Å². The molecule has 130 valence electrons. The summed E-state index contributed by atoms with van der Waals surface area (Å²) in [5.74, 6) is -0.690. The molecular weight excluding hydrogens is 280 g/mol. The van der Waals surface area contributed by atoms with Crippen LogP contribution >= 0.6 is 0 Å². The van der Waals surface area contributed by atoms with Gasteiger partial charge < -0.3 is 5.11 Å². The molecule has 0 aromatic rings. The molecule has 0 saturated carbocycles. The van der Waals surface area contributed by atoms with Crippen LogP contribution in [0.3, 0.4) is 0 Å². The third-order valence-electron chi connectivity index (χ3n) is 3.84. The number of rotatable bonds is 16. The Morgan fingerprint density at radius 2 is 1.59 bits per heavy atom. The second-order valence-electron chi connectivity index (χ2n) is 5.98. The van der Waals surface area contributed by atoms with Crippen molar-refractivity contribution in [1.82, 2.24) is 0 Å². The van der Waals surface area contributed by atoms with Crippen molar-refractivity contribution in [3.63, 3.8) is 0 Å². The molecule has 2 N–H and O–H groups in total. The van der Waals surface area contributed by atoms with E-state index in [1.807, 2.05) is 6.08 Å². The second kappa shape index (κ2) is 16.5. The van der Waals surface area contributed by atoms with E-state index in [0.29, 0.717) is 6.42 Å². The SMILES string of the molecule is CCCC/C=C\[C@H](CCCCCCCCCCC(=O)O)OO. The average Bonchev–Trinajstić information content (AvgIpc) is 2.50. The van der Waals surface area contributed by atoms with Gasteiger partial charge in [0.25, 0.3) is 0 Å². The van der Waals surface area contributed by atoms with Crippen LogP contribution in [0.15, 0.2) is 12.2 Å². The van der Waals surface area contributed by atoms with Crippen LogP contribution in [-0.2, 0) is 9.68 Å². The summed E-state index contributed by atoms with van der Waals surface area (Å²) in [4.78, 5) is 14.8. The van der Waals surface area contributed by atoms with Gasteiger partial charge in [-0.25, -0.2) is 4.89 Å². The van der Waals surface area contributed by atoms with Gasteiger partial charge in [0, 0.05) is 6.42 Å². The maximum atomic E-state index is 10.4. The van der Waals surface area contributed by atoms with E-state index in [9.17, 15) is 4.79 Å². The van der Waals surface area contributed by atoms with Gasteiger partial charge in [-0.15, -0.1) is 0 Å². The number of carboxylic acid groups (broad SMARTS) is 1. The van der Waals surface area contributed by atoms with E-state index in [1.54, 1.807) is 0 Å². The Labute approximate surface area is 135 Å². The van der Waals surface area contributed by atoms with Crippen LogP contribution < -0.4 is 0 Å². The fourth-order valence-corrected chi connectivity index (χ4v) is 2.44. The van der Waals surface area contributed by atoms with E-state index in [-0.39, 0.29) is 6.10 Å². The van der Waals surface area contributed by atoms with Crippen LogP contribution in [0.5, 0.6) is 0 Å². The summed E-state index contributed by atoms with van der Waals surface area (Å²) in [7, 11) is 0. The molecular formula is C18H34O4. The molecule has 0 rings (SSSR count). The van der Waals surface area contributed by atoms with Crippen LogP contribution in [0.1, 0.15) is 90.4 Å². The fraction of sp³-hybridized carbons (Fsp3) is 0.833. The Morgan fingerprint density at radius 1 is 1.00 bits per heavy atom. The number of carbonyl (C=O) groups is 1. The number of carboxylic acids is 1. The summed E-state index contributed by atoms with van der Waals surface area (Å²) >= 11 is 0. The summed E-state index contributed by atoms with van der Waals surface area (Å²) in [5.41, 5.74) is 0. The van der Waals surface area contributed by atoms with Gasteiger partial charge in [0.15, 0.2) is 0 Å². The summed E-state index contributed by atoms with van der Waals surface area (Å²) < 4.78 is 0.